The molecular weight excluding hydrogens is 394 g/mol. The second-order valence-electron chi connectivity index (χ2n) is 6.01. The maximum Gasteiger partial charge on any atom is 0.222 e. The molecule has 0 saturated heterocycles. The SMILES string of the molecule is COCCc1n[nH]c2c(O)n(-c3ccc(Br)cc3)c(-c3ccccc3)c12. The molecule has 26 heavy (non-hydrogen) atoms. The highest BCUT2D eigenvalue weighted by molar-refractivity contribution is 9.10. The molecule has 2 heterocycles. The van der Waals surface area contributed by atoms with E-state index in [1.54, 1.807) is 7.11 Å². The minimum absolute atomic E-state index is 0.150. The molecule has 0 radical (unpaired) electrons. The average molecular weight is 412 g/mol. The maximum absolute atomic E-state index is 10.9. The Morgan fingerprint density at radius 1 is 1.12 bits per heavy atom. The van der Waals surface area contributed by atoms with E-state index in [1.165, 1.54) is 0 Å². The van der Waals surface area contributed by atoms with Crippen molar-refractivity contribution in [3.8, 4) is 22.8 Å². The van der Waals surface area contributed by atoms with Gasteiger partial charge < -0.3 is 9.84 Å². The van der Waals surface area contributed by atoms with Gasteiger partial charge in [-0.2, -0.15) is 5.10 Å². The van der Waals surface area contributed by atoms with Crippen molar-refractivity contribution in [2.75, 3.05) is 13.7 Å². The van der Waals surface area contributed by atoms with Gasteiger partial charge in [-0.1, -0.05) is 46.3 Å². The van der Waals surface area contributed by atoms with E-state index in [-0.39, 0.29) is 5.88 Å². The first-order valence-electron chi connectivity index (χ1n) is 8.31. The van der Waals surface area contributed by atoms with Gasteiger partial charge in [0.25, 0.3) is 0 Å². The number of hydrogen-bond acceptors (Lipinski definition) is 3. The van der Waals surface area contributed by atoms with Gasteiger partial charge in [0.05, 0.1) is 23.4 Å². The summed E-state index contributed by atoms with van der Waals surface area (Å²) < 4.78 is 8.07. The van der Waals surface area contributed by atoms with Gasteiger partial charge in [0.2, 0.25) is 5.88 Å². The van der Waals surface area contributed by atoms with Gasteiger partial charge in [0, 0.05) is 23.7 Å². The molecule has 0 spiro atoms. The first kappa shape index (κ1) is 16.9. The topological polar surface area (TPSA) is 63.1 Å². The standard InChI is InChI=1S/C20H18BrN3O2/c1-26-12-11-16-17-18(23-22-16)20(25)24(15-9-7-14(21)8-10-15)19(17)13-5-3-2-4-6-13/h2-10,23,25H,11-12H2,1H3. The molecule has 0 atom stereocenters. The van der Waals surface area contributed by atoms with Gasteiger partial charge in [-0.15, -0.1) is 0 Å². The molecule has 4 rings (SSSR count). The number of halogens is 1. The first-order valence-corrected chi connectivity index (χ1v) is 9.11. The predicted molar refractivity (Wildman–Crippen MR) is 106 cm³/mol. The molecule has 132 valence electrons. The molecule has 0 amide bonds. The molecule has 0 saturated carbocycles. The Morgan fingerprint density at radius 2 is 1.85 bits per heavy atom. The second kappa shape index (κ2) is 6.97. The summed E-state index contributed by atoms with van der Waals surface area (Å²) in [7, 11) is 1.67. The summed E-state index contributed by atoms with van der Waals surface area (Å²) in [6.45, 7) is 0.568. The van der Waals surface area contributed by atoms with Crippen LogP contribution in [-0.2, 0) is 11.2 Å². The number of H-pyrrole nitrogens is 1. The van der Waals surface area contributed by atoms with Gasteiger partial charge in [-0.3, -0.25) is 9.67 Å². The molecule has 0 aliphatic heterocycles. The minimum atomic E-state index is 0.150. The van der Waals surface area contributed by atoms with Crippen molar-refractivity contribution in [2.45, 2.75) is 6.42 Å². The minimum Gasteiger partial charge on any atom is -0.493 e. The van der Waals surface area contributed by atoms with Crippen LogP contribution in [-0.4, -0.2) is 33.6 Å². The molecule has 6 heteroatoms. The lowest BCUT2D eigenvalue weighted by atomic mass is 10.1. The third-order valence-corrected chi connectivity index (χ3v) is 4.94. The van der Waals surface area contributed by atoms with Gasteiger partial charge in [0.15, 0.2) is 0 Å². The molecule has 2 aromatic heterocycles. The summed E-state index contributed by atoms with van der Waals surface area (Å²) in [5.41, 5.74) is 4.33. The summed E-state index contributed by atoms with van der Waals surface area (Å²) in [4.78, 5) is 0. The van der Waals surface area contributed by atoms with E-state index >= 15 is 0 Å². The van der Waals surface area contributed by atoms with Crippen LogP contribution in [0.2, 0.25) is 0 Å². The smallest absolute Gasteiger partial charge is 0.222 e. The molecular formula is C20H18BrN3O2. The van der Waals surface area contributed by atoms with E-state index in [0.29, 0.717) is 18.5 Å². The number of aromatic amines is 1. The van der Waals surface area contributed by atoms with Gasteiger partial charge in [0.1, 0.15) is 5.52 Å². The monoisotopic (exact) mass is 411 g/mol. The molecule has 0 aliphatic carbocycles. The number of hydrogen-bond donors (Lipinski definition) is 2. The van der Waals surface area contributed by atoms with Crippen molar-refractivity contribution >= 4 is 26.8 Å². The lowest BCUT2D eigenvalue weighted by Crippen LogP contribution is -1.99. The zero-order chi connectivity index (χ0) is 18.1. The fraction of sp³-hybridized carbons (Fsp3) is 0.150. The zero-order valence-electron chi connectivity index (χ0n) is 14.2. The largest absolute Gasteiger partial charge is 0.493 e. The summed E-state index contributed by atoms with van der Waals surface area (Å²) in [5, 5.41) is 19.3. The van der Waals surface area contributed by atoms with Crippen molar-refractivity contribution in [2.24, 2.45) is 0 Å². The van der Waals surface area contributed by atoms with E-state index in [1.807, 2.05) is 59.2 Å². The van der Waals surface area contributed by atoms with Crippen LogP contribution in [0.1, 0.15) is 5.69 Å². The lowest BCUT2D eigenvalue weighted by Gasteiger charge is -2.12. The van der Waals surface area contributed by atoms with Crippen molar-refractivity contribution in [3.05, 3.63) is 64.8 Å². The highest BCUT2D eigenvalue weighted by Gasteiger charge is 2.24. The number of aromatic nitrogens is 3. The molecule has 0 unspecified atom stereocenters. The fourth-order valence-electron chi connectivity index (χ4n) is 3.22. The van der Waals surface area contributed by atoms with E-state index in [2.05, 4.69) is 26.1 Å². The normalized spacial score (nSPS) is 11.3. The van der Waals surface area contributed by atoms with Crippen molar-refractivity contribution in [3.63, 3.8) is 0 Å². The van der Waals surface area contributed by atoms with E-state index in [9.17, 15) is 5.11 Å². The van der Waals surface area contributed by atoms with Crippen molar-refractivity contribution in [1.82, 2.24) is 14.8 Å². The average Bonchev–Trinajstić information content (AvgIpc) is 3.20. The van der Waals surface area contributed by atoms with Crippen LogP contribution in [0.25, 0.3) is 27.8 Å². The van der Waals surface area contributed by atoms with E-state index in [0.717, 1.165) is 32.5 Å². The highest BCUT2D eigenvalue weighted by atomic mass is 79.9. The number of nitrogens with one attached hydrogen (secondary N) is 1. The summed E-state index contributed by atoms with van der Waals surface area (Å²) in [5.74, 6) is 0.150. The molecule has 2 aromatic carbocycles. The Balaban J connectivity index is 2.03. The quantitative estimate of drug-likeness (QED) is 0.501. The van der Waals surface area contributed by atoms with Gasteiger partial charge in [-0.25, -0.2) is 0 Å². The number of benzene rings is 2. The molecule has 0 bridgehead atoms. The predicted octanol–water partition coefficient (Wildman–Crippen LogP) is 4.68. The molecule has 5 nitrogen and oxygen atoms in total. The van der Waals surface area contributed by atoms with Crippen LogP contribution in [0.15, 0.2) is 59.1 Å². The first-order chi connectivity index (χ1) is 12.7. The molecule has 2 N–H and O–H groups in total. The van der Waals surface area contributed by atoms with E-state index < -0.39 is 0 Å². The maximum atomic E-state index is 10.9. The Hall–Kier alpha value is -2.57. The molecule has 4 aromatic rings. The zero-order valence-corrected chi connectivity index (χ0v) is 15.8. The highest BCUT2D eigenvalue weighted by Crippen LogP contribution is 2.41. The van der Waals surface area contributed by atoms with Crippen molar-refractivity contribution in [1.29, 1.82) is 0 Å². The Kier molecular flexibility index (Phi) is 4.53. The summed E-state index contributed by atoms with van der Waals surface area (Å²) >= 11 is 3.47. The van der Waals surface area contributed by atoms with Crippen LogP contribution < -0.4 is 0 Å². The lowest BCUT2D eigenvalue weighted by molar-refractivity contribution is 0.201. The Morgan fingerprint density at radius 3 is 2.54 bits per heavy atom. The Labute approximate surface area is 159 Å². The molecule has 0 aliphatic rings. The molecule has 0 fully saturated rings. The van der Waals surface area contributed by atoms with E-state index in [4.69, 9.17) is 4.74 Å². The fourth-order valence-corrected chi connectivity index (χ4v) is 3.48. The third kappa shape index (κ3) is 2.81. The third-order valence-electron chi connectivity index (χ3n) is 4.41. The summed E-state index contributed by atoms with van der Waals surface area (Å²) in [6, 6.07) is 17.9. The van der Waals surface area contributed by atoms with Crippen LogP contribution in [0.3, 0.4) is 0 Å². The van der Waals surface area contributed by atoms with Crippen LogP contribution in [0, 0.1) is 0 Å². The Bertz CT molecular complexity index is 1040. The summed E-state index contributed by atoms with van der Waals surface area (Å²) in [6.07, 6.45) is 0.667. The number of aromatic hydroxyl groups is 1. The number of fused-ring (bicyclic) bond motifs is 1. The van der Waals surface area contributed by atoms with Crippen LogP contribution in [0.5, 0.6) is 5.88 Å². The second-order valence-corrected chi connectivity index (χ2v) is 6.93. The van der Waals surface area contributed by atoms with Crippen molar-refractivity contribution < 1.29 is 9.84 Å². The number of methoxy groups -OCH3 is 1. The van der Waals surface area contributed by atoms with Crippen LogP contribution in [0.4, 0.5) is 0 Å². The van der Waals surface area contributed by atoms with Crippen LogP contribution >= 0.6 is 15.9 Å². The number of nitrogens with zero attached hydrogens (tertiary/aromatic N) is 2. The van der Waals surface area contributed by atoms with Gasteiger partial charge in [-0.05, 0) is 29.8 Å². The van der Waals surface area contributed by atoms with Gasteiger partial charge >= 0.3 is 0 Å². The number of rotatable bonds is 5. The number of ether oxygens (including phenoxy) is 1.